The van der Waals surface area contributed by atoms with E-state index in [0.29, 0.717) is 11.7 Å². The van der Waals surface area contributed by atoms with Crippen molar-refractivity contribution in [3.8, 4) is 0 Å². The van der Waals surface area contributed by atoms with Crippen LogP contribution in [0.3, 0.4) is 0 Å². The van der Waals surface area contributed by atoms with Crippen molar-refractivity contribution >= 4 is 23.5 Å². The van der Waals surface area contributed by atoms with Gasteiger partial charge in [0.1, 0.15) is 5.82 Å². The van der Waals surface area contributed by atoms with Gasteiger partial charge in [-0.3, -0.25) is 9.48 Å². The molecule has 4 nitrogen and oxygen atoms in total. The van der Waals surface area contributed by atoms with Crippen molar-refractivity contribution < 1.29 is 4.79 Å². The Kier molecular flexibility index (Phi) is 5.07. The zero-order valence-electron chi connectivity index (χ0n) is 12.9. The van der Waals surface area contributed by atoms with Gasteiger partial charge in [0.25, 0.3) is 0 Å². The number of benzene rings is 1. The molecule has 1 aromatic heterocycles. The highest BCUT2D eigenvalue weighted by Gasteiger charge is 2.08. The summed E-state index contributed by atoms with van der Waals surface area (Å²) in [5.74, 6) is 1.63. The van der Waals surface area contributed by atoms with Crippen LogP contribution in [0.4, 0.5) is 5.82 Å². The summed E-state index contributed by atoms with van der Waals surface area (Å²) < 4.78 is 1.68. The third kappa shape index (κ3) is 4.36. The van der Waals surface area contributed by atoms with E-state index in [2.05, 4.69) is 48.5 Å². The Morgan fingerprint density at radius 1 is 1.33 bits per heavy atom. The minimum absolute atomic E-state index is 0.0177. The van der Waals surface area contributed by atoms with Gasteiger partial charge in [-0.15, -0.1) is 11.8 Å². The van der Waals surface area contributed by atoms with E-state index in [1.54, 1.807) is 4.68 Å². The number of aryl methyl sites for hydroxylation is 2. The van der Waals surface area contributed by atoms with Crippen molar-refractivity contribution in [1.29, 1.82) is 0 Å². The van der Waals surface area contributed by atoms with E-state index in [4.69, 9.17) is 0 Å². The fourth-order valence-electron chi connectivity index (χ4n) is 2.00. The number of aromatic nitrogens is 2. The topological polar surface area (TPSA) is 46.9 Å². The van der Waals surface area contributed by atoms with Crippen LogP contribution in [0.1, 0.15) is 31.0 Å². The number of amides is 1. The Labute approximate surface area is 129 Å². The molecule has 0 fully saturated rings. The Balaban J connectivity index is 1.87. The van der Waals surface area contributed by atoms with E-state index in [9.17, 15) is 4.79 Å². The molecule has 0 saturated heterocycles. The lowest BCUT2D eigenvalue weighted by atomic mass is 10.0. The number of hydrogen-bond acceptors (Lipinski definition) is 3. The van der Waals surface area contributed by atoms with Crippen molar-refractivity contribution in [2.24, 2.45) is 7.05 Å². The van der Waals surface area contributed by atoms with Gasteiger partial charge >= 0.3 is 0 Å². The predicted octanol–water partition coefficient (Wildman–Crippen LogP) is 3.58. The zero-order chi connectivity index (χ0) is 15.4. The Bertz CT molecular complexity index is 617. The maximum absolute atomic E-state index is 11.9. The number of carbonyl (C=O) groups excluding carboxylic acids is 1. The number of anilines is 1. The third-order valence-corrected chi connectivity index (χ3v) is 4.20. The molecule has 1 amide bonds. The third-order valence-electron chi connectivity index (χ3n) is 3.19. The number of carbonyl (C=O) groups is 1. The van der Waals surface area contributed by atoms with Crippen LogP contribution in [0, 0.1) is 6.92 Å². The van der Waals surface area contributed by atoms with Gasteiger partial charge in [-0.1, -0.05) is 26.0 Å². The molecule has 21 heavy (non-hydrogen) atoms. The first-order valence-electron chi connectivity index (χ1n) is 6.99. The summed E-state index contributed by atoms with van der Waals surface area (Å²) in [6.45, 7) is 6.25. The second kappa shape index (κ2) is 6.80. The van der Waals surface area contributed by atoms with Gasteiger partial charge in [0.05, 0.1) is 11.4 Å². The summed E-state index contributed by atoms with van der Waals surface area (Å²) in [5, 5.41) is 7.08. The second-order valence-electron chi connectivity index (χ2n) is 5.36. The summed E-state index contributed by atoms with van der Waals surface area (Å²) in [5.41, 5.74) is 2.21. The van der Waals surface area contributed by atoms with Crippen molar-refractivity contribution in [2.75, 3.05) is 11.1 Å². The first-order chi connectivity index (χ1) is 9.95. The van der Waals surface area contributed by atoms with Crippen LogP contribution in [0.5, 0.6) is 0 Å². The molecule has 0 radical (unpaired) electrons. The fourth-order valence-corrected chi connectivity index (χ4v) is 2.70. The second-order valence-corrected chi connectivity index (χ2v) is 6.40. The Morgan fingerprint density at radius 2 is 2.00 bits per heavy atom. The Hall–Kier alpha value is -1.75. The lowest BCUT2D eigenvalue weighted by molar-refractivity contribution is -0.113. The van der Waals surface area contributed by atoms with Crippen molar-refractivity contribution in [3.05, 3.63) is 41.6 Å². The largest absolute Gasteiger partial charge is 0.310 e. The minimum Gasteiger partial charge on any atom is -0.310 e. The SMILES string of the molecule is Cc1cc(NC(=O)CSc2ccc(C(C)C)cc2)n(C)n1. The van der Waals surface area contributed by atoms with Crippen LogP contribution in [0.15, 0.2) is 35.2 Å². The Morgan fingerprint density at radius 3 is 2.52 bits per heavy atom. The van der Waals surface area contributed by atoms with Crippen LogP contribution in [0.25, 0.3) is 0 Å². The first kappa shape index (κ1) is 15.6. The highest BCUT2D eigenvalue weighted by atomic mass is 32.2. The monoisotopic (exact) mass is 303 g/mol. The number of rotatable bonds is 5. The average molecular weight is 303 g/mol. The molecule has 0 saturated carbocycles. The predicted molar refractivity (Wildman–Crippen MR) is 87.8 cm³/mol. The molecular formula is C16H21N3OS. The molecule has 0 unspecified atom stereocenters. The van der Waals surface area contributed by atoms with E-state index < -0.39 is 0 Å². The summed E-state index contributed by atoms with van der Waals surface area (Å²) >= 11 is 1.54. The van der Waals surface area contributed by atoms with Crippen LogP contribution < -0.4 is 5.32 Å². The van der Waals surface area contributed by atoms with Gasteiger partial charge in [-0.25, -0.2) is 0 Å². The van der Waals surface area contributed by atoms with Gasteiger partial charge < -0.3 is 5.32 Å². The summed E-state index contributed by atoms with van der Waals surface area (Å²) in [7, 11) is 1.82. The molecule has 2 rings (SSSR count). The molecule has 1 aromatic carbocycles. The van der Waals surface area contributed by atoms with Crippen LogP contribution >= 0.6 is 11.8 Å². The van der Waals surface area contributed by atoms with Gasteiger partial charge in [-0.05, 0) is 30.5 Å². The number of nitrogens with zero attached hydrogens (tertiary/aromatic N) is 2. The highest BCUT2D eigenvalue weighted by molar-refractivity contribution is 8.00. The number of nitrogens with one attached hydrogen (secondary N) is 1. The highest BCUT2D eigenvalue weighted by Crippen LogP contribution is 2.22. The minimum atomic E-state index is -0.0177. The van der Waals surface area contributed by atoms with Crippen LogP contribution in [0.2, 0.25) is 0 Å². The molecule has 0 atom stereocenters. The lowest BCUT2D eigenvalue weighted by Crippen LogP contribution is -2.16. The quantitative estimate of drug-likeness (QED) is 0.859. The van der Waals surface area contributed by atoms with Gasteiger partial charge in [0, 0.05) is 18.0 Å². The molecule has 0 spiro atoms. The fraction of sp³-hybridized carbons (Fsp3) is 0.375. The van der Waals surface area contributed by atoms with Crippen LogP contribution in [-0.4, -0.2) is 21.4 Å². The molecule has 0 aliphatic carbocycles. The molecule has 0 aliphatic heterocycles. The lowest BCUT2D eigenvalue weighted by Gasteiger charge is -2.07. The molecule has 0 aliphatic rings. The number of hydrogen-bond donors (Lipinski definition) is 1. The summed E-state index contributed by atoms with van der Waals surface area (Å²) in [6.07, 6.45) is 0. The van der Waals surface area contributed by atoms with Crippen molar-refractivity contribution in [2.45, 2.75) is 31.6 Å². The van der Waals surface area contributed by atoms with E-state index in [-0.39, 0.29) is 5.91 Å². The maximum atomic E-state index is 11.9. The molecule has 1 heterocycles. The molecule has 0 bridgehead atoms. The molecular weight excluding hydrogens is 282 g/mol. The van der Waals surface area contributed by atoms with Gasteiger partial charge in [0.2, 0.25) is 5.91 Å². The summed E-state index contributed by atoms with van der Waals surface area (Å²) in [4.78, 5) is 13.1. The normalized spacial score (nSPS) is 10.9. The van der Waals surface area contributed by atoms with E-state index in [1.165, 1.54) is 17.3 Å². The van der Waals surface area contributed by atoms with Crippen molar-refractivity contribution in [1.82, 2.24) is 9.78 Å². The van der Waals surface area contributed by atoms with Gasteiger partial charge in [0.15, 0.2) is 0 Å². The maximum Gasteiger partial charge on any atom is 0.235 e. The number of thioether (sulfide) groups is 1. The molecule has 112 valence electrons. The summed E-state index contributed by atoms with van der Waals surface area (Å²) in [6, 6.07) is 10.2. The first-order valence-corrected chi connectivity index (χ1v) is 7.97. The molecule has 1 N–H and O–H groups in total. The average Bonchev–Trinajstić information content (AvgIpc) is 2.75. The van der Waals surface area contributed by atoms with Crippen LogP contribution in [-0.2, 0) is 11.8 Å². The van der Waals surface area contributed by atoms with E-state index in [1.807, 2.05) is 20.0 Å². The van der Waals surface area contributed by atoms with E-state index in [0.717, 1.165) is 16.4 Å². The molecule has 5 heteroatoms. The van der Waals surface area contributed by atoms with Crippen molar-refractivity contribution in [3.63, 3.8) is 0 Å². The van der Waals surface area contributed by atoms with Gasteiger partial charge in [-0.2, -0.15) is 5.10 Å². The zero-order valence-corrected chi connectivity index (χ0v) is 13.7. The van der Waals surface area contributed by atoms with E-state index >= 15 is 0 Å². The smallest absolute Gasteiger partial charge is 0.235 e. The molecule has 2 aromatic rings. The standard InChI is InChI=1S/C16H21N3OS/c1-11(2)13-5-7-14(8-6-13)21-10-16(20)17-15-9-12(3)18-19(15)4/h5-9,11H,10H2,1-4H3,(H,17,20).